The Balaban J connectivity index is 0.000000191. The summed E-state index contributed by atoms with van der Waals surface area (Å²) in [6.45, 7) is 11.1. The van der Waals surface area contributed by atoms with Gasteiger partial charge in [-0.3, -0.25) is 38.6 Å². The van der Waals surface area contributed by atoms with Gasteiger partial charge in [-0.25, -0.2) is 9.79 Å². The second-order valence-corrected chi connectivity index (χ2v) is 23.2. The average Bonchev–Trinajstić information content (AvgIpc) is 4.10. The lowest BCUT2D eigenvalue weighted by Crippen LogP contribution is -2.56. The molecule has 4 aliphatic heterocycles. The van der Waals surface area contributed by atoms with Crippen molar-refractivity contribution in [3.63, 3.8) is 0 Å². The van der Waals surface area contributed by atoms with Gasteiger partial charge in [-0.2, -0.15) is 0 Å². The predicted octanol–water partition coefficient (Wildman–Crippen LogP) is 9.35. The van der Waals surface area contributed by atoms with Crippen LogP contribution in [0, 0.1) is 11.8 Å². The molecule has 9 rings (SSSR count). The Morgan fingerprint density at radius 3 is 1.36 bits per heavy atom. The first-order valence-corrected chi connectivity index (χ1v) is 28.8. The Bertz CT molecular complexity index is 1940. The summed E-state index contributed by atoms with van der Waals surface area (Å²) >= 11 is 0. The number of likely N-dealkylation sites (tertiary alicyclic amines) is 2. The summed E-state index contributed by atoms with van der Waals surface area (Å²) in [4.78, 5) is 111. The molecular formula is C56H89N7O7. The van der Waals surface area contributed by atoms with E-state index in [4.69, 9.17) is 4.99 Å². The highest BCUT2D eigenvalue weighted by Crippen LogP contribution is 2.44. The maximum atomic E-state index is 14.4. The summed E-state index contributed by atoms with van der Waals surface area (Å²) in [5, 5.41) is 0. The van der Waals surface area contributed by atoms with Crippen molar-refractivity contribution >= 4 is 47.2 Å². The fourth-order valence-electron chi connectivity index (χ4n) is 15.0. The zero-order valence-electron chi connectivity index (χ0n) is 44.0. The number of nitrogens with zero attached hydrogens (tertiary/aromatic N) is 7. The van der Waals surface area contributed by atoms with E-state index < -0.39 is 24.2 Å². The van der Waals surface area contributed by atoms with E-state index in [0.717, 1.165) is 154 Å². The van der Waals surface area contributed by atoms with Crippen LogP contribution in [0.2, 0.25) is 0 Å². The fraction of sp³-hybridized carbons (Fsp3) is 0.857. The van der Waals surface area contributed by atoms with Crippen molar-refractivity contribution in [3.05, 3.63) is 0 Å². The Labute approximate surface area is 419 Å². The van der Waals surface area contributed by atoms with Gasteiger partial charge in [0.05, 0.1) is 18.1 Å². The molecule has 4 heterocycles. The van der Waals surface area contributed by atoms with E-state index in [1.807, 2.05) is 23.6 Å². The Hall–Kier alpha value is -3.84. The summed E-state index contributed by atoms with van der Waals surface area (Å²) in [6, 6.07) is -2.59. The largest absolute Gasteiger partial charge is 0.328 e. The number of hydrogen-bond acceptors (Lipinski definition) is 8. The van der Waals surface area contributed by atoms with E-state index in [0.29, 0.717) is 18.3 Å². The molecule has 14 nitrogen and oxygen atoms in total. The van der Waals surface area contributed by atoms with Crippen LogP contribution < -0.4 is 0 Å². The minimum atomic E-state index is -0.737. The SMILES string of the molecule is CCCC1C(=O)N(C2CCCCC2)C(=NC2CCCCC2)N1[C@@H](C)C(=O)N1[C@H](C(C)=O)C[C@@H]2CCCC[C@@H]21.CCCC1C(=O)N(C2CCCCC2)C(=O)N1[C@@H](C)C(=O)N1[C@H](C(C)=O)C[C@@H]2CCCC[C@@H]21. The molecule has 0 aromatic carbocycles. The van der Waals surface area contributed by atoms with E-state index in [9.17, 15) is 33.6 Å². The van der Waals surface area contributed by atoms with Crippen molar-refractivity contribution in [3.8, 4) is 0 Å². The van der Waals surface area contributed by atoms with Crippen LogP contribution >= 0.6 is 0 Å². The van der Waals surface area contributed by atoms with Crippen molar-refractivity contribution in [2.75, 3.05) is 0 Å². The third-order valence-electron chi connectivity index (χ3n) is 18.6. The summed E-state index contributed by atoms with van der Waals surface area (Å²) in [5.74, 6) is 1.57. The molecule has 0 N–H and O–H groups in total. The molecule has 5 aliphatic carbocycles. The van der Waals surface area contributed by atoms with E-state index >= 15 is 0 Å². The van der Waals surface area contributed by atoms with Gasteiger partial charge >= 0.3 is 6.03 Å². The van der Waals surface area contributed by atoms with Gasteiger partial charge in [0.15, 0.2) is 11.6 Å². The molecule has 0 spiro atoms. The van der Waals surface area contributed by atoms with Crippen molar-refractivity contribution in [2.45, 2.75) is 294 Å². The van der Waals surface area contributed by atoms with Gasteiger partial charge in [0, 0.05) is 24.2 Å². The highest BCUT2D eigenvalue weighted by Gasteiger charge is 2.55. The summed E-state index contributed by atoms with van der Waals surface area (Å²) in [5.41, 5.74) is 0. The number of guanidine groups is 1. The van der Waals surface area contributed by atoms with Crippen molar-refractivity contribution in [1.29, 1.82) is 0 Å². The summed E-state index contributed by atoms with van der Waals surface area (Å²) < 4.78 is 0. The minimum absolute atomic E-state index is 0.0235. The number of urea groups is 1. The number of carbonyl (C=O) groups is 7. The predicted molar refractivity (Wildman–Crippen MR) is 270 cm³/mol. The normalized spacial score (nSPS) is 32.8. The zero-order chi connectivity index (χ0) is 49.8. The van der Waals surface area contributed by atoms with E-state index in [1.165, 1.54) is 37.0 Å². The third kappa shape index (κ3) is 10.5. The van der Waals surface area contributed by atoms with Gasteiger partial charge < -0.3 is 19.6 Å². The smallest absolute Gasteiger partial charge is 0.328 e. The molecule has 0 radical (unpaired) electrons. The lowest BCUT2D eigenvalue weighted by atomic mass is 9.84. The van der Waals surface area contributed by atoms with Crippen molar-refractivity contribution in [1.82, 2.24) is 29.4 Å². The maximum Gasteiger partial charge on any atom is 0.328 e. The van der Waals surface area contributed by atoms with Crippen LogP contribution in [-0.2, 0) is 28.8 Å². The van der Waals surface area contributed by atoms with Crippen LogP contribution in [0.15, 0.2) is 4.99 Å². The number of Topliss-reactive ketones (excluding diaryl/α,β-unsaturated/α-hetero) is 2. The molecule has 0 aromatic heterocycles. The number of carbonyl (C=O) groups excluding carboxylic acids is 7. The number of amides is 6. The monoisotopic (exact) mass is 972 g/mol. The number of imide groups is 1. The van der Waals surface area contributed by atoms with E-state index in [-0.39, 0.29) is 83.5 Å². The molecule has 9 fully saturated rings. The van der Waals surface area contributed by atoms with Crippen LogP contribution in [0.4, 0.5) is 4.79 Å². The van der Waals surface area contributed by atoms with E-state index in [2.05, 4.69) is 11.8 Å². The molecule has 2 unspecified atom stereocenters. The number of rotatable bonds is 13. The van der Waals surface area contributed by atoms with Crippen LogP contribution in [0.3, 0.4) is 0 Å². The number of ketones is 2. The van der Waals surface area contributed by atoms with Crippen LogP contribution in [0.25, 0.3) is 0 Å². The Kier molecular flexibility index (Phi) is 17.5. The quantitative estimate of drug-likeness (QED) is 0.166. The lowest BCUT2D eigenvalue weighted by molar-refractivity contribution is -0.144. The standard InChI is InChI=1S/C31H50N4O3.C25H39N3O4/c1-4-13-27-30(38)34(25-17-9-6-10-18-25)31(32-24-15-7-5-8-16-24)33(27)21(2)29(37)35-26-19-12-11-14-23(26)20-28(35)22(3)36;1-4-10-21-24(31)27(19-12-6-5-7-13-19)25(32)26(21)16(2)23(30)28-20-14-9-8-11-18(20)15-22(28)17(3)29/h21,23-28H,4-20H2,1-3H3;16,18-22H,4-15H2,1-3H3/t21-,23-,26-,27?,28-;16-,18-,20-,21?,22-/m00/s1. The van der Waals surface area contributed by atoms with Crippen LogP contribution in [0.1, 0.15) is 228 Å². The molecule has 70 heavy (non-hydrogen) atoms. The molecule has 14 heteroatoms. The molecule has 10 atom stereocenters. The number of fused-ring (bicyclic) bond motifs is 2. The van der Waals surface area contributed by atoms with Crippen LogP contribution in [0.5, 0.6) is 0 Å². The summed E-state index contributed by atoms with van der Waals surface area (Å²) in [6.07, 6.45) is 29.3. The lowest BCUT2D eigenvalue weighted by Gasteiger charge is -2.39. The molecule has 0 aromatic rings. The minimum Gasteiger partial charge on any atom is -0.328 e. The fourth-order valence-corrected chi connectivity index (χ4v) is 15.0. The van der Waals surface area contributed by atoms with Crippen molar-refractivity contribution < 1.29 is 33.6 Å². The average molecular weight is 972 g/mol. The molecule has 6 amide bonds. The molecular weight excluding hydrogens is 883 g/mol. The first-order chi connectivity index (χ1) is 33.8. The van der Waals surface area contributed by atoms with Gasteiger partial charge in [-0.15, -0.1) is 0 Å². The van der Waals surface area contributed by atoms with Gasteiger partial charge in [0.1, 0.15) is 24.2 Å². The zero-order valence-corrected chi connectivity index (χ0v) is 44.0. The number of hydrogen-bond donors (Lipinski definition) is 0. The van der Waals surface area contributed by atoms with Crippen molar-refractivity contribution in [2.24, 2.45) is 16.8 Å². The molecule has 0 bridgehead atoms. The third-order valence-corrected chi connectivity index (χ3v) is 18.6. The van der Waals surface area contributed by atoms with Gasteiger partial charge in [0.25, 0.3) is 11.8 Å². The topological polar surface area (TPSA) is 151 Å². The summed E-state index contributed by atoms with van der Waals surface area (Å²) in [7, 11) is 0. The highest BCUT2D eigenvalue weighted by atomic mass is 16.2. The first kappa shape index (κ1) is 52.5. The second kappa shape index (κ2) is 23.4. The molecule has 390 valence electrons. The molecule has 9 aliphatic rings. The molecule has 5 saturated carbocycles. The Morgan fingerprint density at radius 2 is 0.900 bits per heavy atom. The second-order valence-electron chi connectivity index (χ2n) is 23.2. The first-order valence-electron chi connectivity index (χ1n) is 28.8. The van der Waals surface area contributed by atoms with Gasteiger partial charge in [-0.05, 0) is 129 Å². The Morgan fingerprint density at radius 1 is 0.514 bits per heavy atom. The van der Waals surface area contributed by atoms with Crippen LogP contribution in [-0.4, -0.2) is 143 Å². The maximum absolute atomic E-state index is 14.4. The highest BCUT2D eigenvalue weighted by molar-refractivity contribution is 6.09. The van der Waals surface area contributed by atoms with E-state index in [1.54, 1.807) is 30.6 Å². The van der Waals surface area contributed by atoms with Gasteiger partial charge in [0.2, 0.25) is 17.8 Å². The number of aliphatic imine (C=N–C) groups is 1. The molecule has 4 saturated heterocycles. The van der Waals surface area contributed by atoms with Gasteiger partial charge in [-0.1, -0.05) is 110 Å².